The van der Waals surface area contributed by atoms with Crippen LogP contribution in [0.1, 0.15) is 34.3 Å². The van der Waals surface area contributed by atoms with Gasteiger partial charge in [-0.3, -0.25) is 4.79 Å². The van der Waals surface area contributed by atoms with Crippen molar-refractivity contribution in [1.29, 1.82) is 0 Å². The van der Waals surface area contributed by atoms with Crippen LogP contribution in [0.25, 0.3) is 0 Å². The van der Waals surface area contributed by atoms with Crippen LogP contribution in [0.4, 0.5) is 0 Å². The third-order valence-corrected chi connectivity index (χ3v) is 4.08. The predicted octanol–water partition coefficient (Wildman–Crippen LogP) is 1.81. The van der Waals surface area contributed by atoms with Gasteiger partial charge >= 0.3 is 0 Å². The summed E-state index contributed by atoms with van der Waals surface area (Å²) in [7, 11) is 1.87. The van der Waals surface area contributed by atoms with E-state index in [0.717, 1.165) is 37.5 Å². The van der Waals surface area contributed by atoms with E-state index >= 15 is 0 Å². The largest absolute Gasteiger partial charge is 0.337 e. The second-order valence-corrected chi connectivity index (χ2v) is 5.57. The number of benzene rings is 1. The van der Waals surface area contributed by atoms with Crippen molar-refractivity contribution < 1.29 is 4.79 Å². The van der Waals surface area contributed by atoms with Crippen molar-refractivity contribution in [2.75, 3.05) is 20.1 Å². The van der Waals surface area contributed by atoms with Crippen LogP contribution >= 0.6 is 0 Å². The molecule has 1 atom stereocenters. The summed E-state index contributed by atoms with van der Waals surface area (Å²) in [5.74, 6) is 0.902. The van der Waals surface area contributed by atoms with Crippen LogP contribution in [0.3, 0.4) is 0 Å². The Labute approximate surface area is 108 Å². The summed E-state index contributed by atoms with van der Waals surface area (Å²) in [4.78, 5) is 13.7. The standard InChI is InChI=1S/C15H20N2O/c1-17-10-13-5-4-11(8-14(13)15(17)18)7-12-3-2-6-16-9-12/h4-5,8,12,16H,2-3,6-7,9-10H2,1H3. The maximum absolute atomic E-state index is 12.0. The summed E-state index contributed by atoms with van der Waals surface area (Å²) in [6.45, 7) is 3.04. The first-order valence-electron chi connectivity index (χ1n) is 6.82. The molecule has 0 saturated carbocycles. The van der Waals surface area contributed by atoms with Gasteiger partial charge in [0.15, 0.2) is 0 Å². The van der Waals surface area contributed by atoms with Crippen molar-refractivity contribution in [1.82, 2.24) is 10.2 Å². The smallest absolute Gasteiger partial charge is 0.254 e. The molecule has 2 heterocycles. The number of nitrogens with zero attached hydrogens (tertiary/aromatic N) is 1. The Balaban J connectivity index is 1.76. The molecule has 1 aromatic carbocycles. The van der Waals surface area contributed by atoms with Gasteiger partial charge in [0.2, 0.25) is 0 Å². The number of hydrogen-bond acceptors (Lipinski definition) is 2. The lowest BCUT2D eigenvalue weighted by Crippen LogP contribution is -2.30. The molecule has 2 aliphatic heterocycles. The molecule has 1 saturated heterocycles. The minimum Gasteiger partial charge on any atom is -0.337 e. The van der Waals surface area contributed by atoms with Crippen molar-refractivity contribution in [2.45, 2.75) is 25.8 Å². The molecule has 3 heteroatoms. The average Bonchev–Trinajstić information content (AvgIpc) is 2.67. The fourth-order valence-corrected chi connectivity index (χ4v) is 3.05. The van der Waals surface area contributed by atoms with Crippen molar-refractivity contribution in [3.63, 3.8) is 0 Å². The van der Waals surface area contributed by atoms with Crippen LogP contribution < -0.4 is 5.32 Å². The summed E-state index contributed by atoms with van der Waals surface area (Å²) in [5.41, 5.74) is 3.40. The molecule has 18 heavy (non-hydrogen) atoms. The maximum atomic E-state index is 12.0. The van der Waals surface area contributed by atoms with Gasteiger partial charge in [-0.25, -0.2) is 0 Å². The SMILES string of the molecule is CN1Cc2ccc(CC3CCCNC3)cc2C1=O. The quantitative estimate of drug-likeness (QED) is 0.860. The van der Waals surface area contributed by atoms with Crippen LogP contribution in [0.2, 0.25) is 0 Å². The summed E-state index contributed by atoms with van der Waals surface area (Å²) in [5, 5.41) is 3.45. The van der Waals surface area contributed by atoms with E-state index in [0.29, 0.717) is 0 Å². The zero-order chi connectivity index (χ0) is 12.5. The van der Waals surface area contributed by atoms with Crippen molar-refractivity contribution >= 4 is 5.91 Å². The lowest BCUT2D eigenvalue weighted by atomic mass is 9.91. The minimum atomic E-state index is 0.175. The zero-order valence-electron chi connectivity index (χ0n) is 10.9. The number of nitrogens with one attached hydrogen (secondary N) is 1. The maximum Gasteiger partial charge on any atom is 0.254 e. The monoisotopic (exact) mass is 244 g/mol. The highest BCUT2D eigenvalue weighted by Gasteiger charge is 2.24. The lowest BCUT2D eigenvalue weighted by molar-refractivity contribution is 0.0816. The van der Waals surface area contributed by atoms with Crippen LogP contribution in [0.15, 0.2) is 18.2 Å². The first-order valence-corrected chi connectivity index (χ1v) is 6.82. The van der Waals surface area contributed by atoms with E-state index in [1.54, 1.807) is 4.90 Å². The molecule has 0 aliphatic carbocycles. The predicted molar refractivity (Wildman–Crippen MR) is 71.5 cm³/mol. The molecular formula is C15H20N2O. The van der Waals surface area contributed by atoms with Crippen LogP contribution in [0.5, 0.6) is 0 Å². The van der Waals surface area contributed by atoms with E-state index in [-0.39, 0.29) is 5.91 Å². The second kappa shape index (κ2) is 4.73. The number of carbonyl (C=O) groups is 1. The van der Waals surface area contributed by atoms with E-state index < -0.39 is 0 Å². The zero-order valence-corrected chi connectivity index (χ0v) is 10.9. The molecule has 1 amide bonds. The second-order valence-electron chi connectivity index (χ2n) is 5.57. The van der Waals surface area contributed by atoms with E-state index in [9.17, 15) is 4.79 Å². The van der Waals surface area contributed by atoms with Gasteiger partial charge in [0.25, 0.3) is 5.91 Å². The molecule has 96 valence electrons. The Morgan fingerprint density at radius 1 is 1.44 bits per heavy atom. The van der Waals surface area contributed by atoms with Crippen molar-refractivity contribution in [3.8, 4) is 0 Å². The average molecular weight is 244 g/mol. The molecule has 0 bridgehead atoms. The Kier molecular flexibility index (Phi) is 3.08. The van der Waals surface area contributed by atoms with Crippen molar-refractivity contribution in [3.05, 3.63) is 34.9 Å². The van der Waals surface area contributed by atoms with Crippen LogP contribution in [0, 0.1) is 5.92 Å². The number of piperidine rings is 1. The molecule has 0 spiro atoms. The third kappa shape index (κ3) is 2.15. The number of fused-ring (bicyclic) bond motifs is 1. The fourth-order valence-electron chi connectivity index (χ4n) is 3.05. The van der Waals surface area contributed by atoms with Gasteiger partial charge in [-0.2, -0.15) is 0 Å². The van der Waals surface area contributed by atoms with Gasteiger partial charge in [0.1, 0.15) is 0 Å². The molecule has 1 unspecified atom stereocenters. The third-order valence-electron chi connectivity index (χ3n) is 4.08. The van der Waals surface area contributed by atoms with E-state index in [4.69, 9.17) is 0 Å². The Morgan fingerprint density at radius 3 is 3.11 bits per heavy atom. The van der Waals surface area contributed by atoms with E-state index in [2.05, 4.69) is 23.5 Å². The van der Waals surface area contributed by atoms with Gasteiger partial charge in [-0.15, -0.1) is 0 Å². The summed E-state index contributed by atoms with van der Waals surface area (Å²) in [6, 6.07) is 6.43. The molecule has 1 fully saturated rings. The Hall–Kier alpha value is -1.35. The first-order chi connectivity index (χ1) is 8.74. The van der Waals surface area contributed by atoms with Gasteiger partial charge in [-0.05, 0) is 55.5 Å². The molecular weight excluding hydrogens is 224 g/mol. The number of amides is 1. The summed E-state index contributed by atoms with van der Waals surface area (Å²) >= 11 is 0. The molecule has 0 aromatic heterocycles. The van der Waals surface area contributed by atoms with Gasteiger partial charge < -0.3 is 10.2 Å². The summed E-state index contributed by atoms with van der Waals surface area (Å²) in [6.07, 6.45) is 3.67. The van der Waals surface area contributed by atoms with Crippen molar-refractivity contribution in [2.24, 2.45) is 5.92 Å². The Morgan fingerprint density at radius 2 is 2.33 bits per heavy atom. The highest BCUT2D eigenvalue weighted by Crippen LogP contribution is 2.24. The van der Waals surface area contributed by atoms with Gasteiger partial charge in [0, 0.05) is 19.2 Å². The fraction of sp³-hybridized carbons (Fsp3) is 0.533. The number of hydrogen-bond donors (Lipinski definition) is 1. The highest BCUT2D eigenvalue weighted by atomic mass is 16.2. The topological polar surface area (TPSA) is 32.3 Å². The van der Waals surface area contributed by atoms with E-state index in [1.807, 2.05) is 7.05 Å². The summed E-state index contributed by atoms with van der Waals surface area (Å²) < 4.78 is 0. The highest BCUT2D eigenvalue weighted by molar-refractivity contribution is 5.98. The van der Waals surface area contributed by atoms with Crippen LogP contribution in [-0.2, 0) is 13.0 Å². The molecule has 1 aromatic rings. The number of rotatable bonds is 2. The Bertz CT molecular complexity index is 464. The molecule has 3 rings (SSSR count). The number of carbonyl (C=O) groups excluding carboxylic acids is 1. The normalized spacial score (nSPS) is 23.3. The molecule has 1 N–H and O–H groups in total. The molecule has 3 nitrogen and oxygen atoms in total. The molecule has 0 radical (unpaired) electrons. The first kappa shape index (κ1) is 11.7. The molecule has 2 aliphatic rings. The van der Waals surface area contributed by atoms with E-state index in [1.165, 1.54) is 24.0 Å². The lowest BCUT2D eigenvalue weighted by Gasteiger charge is -2.22. The van der Waals surface area contributed by atoms with Gasteiger partial charge in [-0.1, -0.05) is 12.1 Å². The minimum absolute atomic E-state index is 0.175. The van der Waals surface area contributed by atoms with Gasteiger partial charge in [0.05, 0.1) is 0 Å². The van der Waals surface area contributed by atoms with Crippen LogP contribution in [-0.4, -0.2) is 30.9 Å².